The molecule has 1 fully saturated rings. The summed E-state index contributed by atoms with van der Waals surface area (Å²) >= 11 is 3.35. The van der Waals surface area contributed by atoms with Crippen LogP contribution in [0.3, 0.4) is 0 Å². The molecule has 1 unspecified atom stereocenters. The SMILES string of the molecule is Cc1ccc(Br)c(C(=O)NC(CC(=O)O)C2CC2)c1. The predicted octanol–water partition coefficient (Wildman–Crippen LogP) is 2.74. The Labute approximate surface area is 120 Å². The second kappa shape index (κ2) is 5.74. The highest BCUT2D eigenvalue weighted by Crippen LogP contribution is 2.34. The number of amides is 1. The minimum absolute atomic E-state index is 0.0140. The first-order valence-electron chi connectivity index (χ1n) is 6.26. The van der Waals surface area contributed by atoms with Crippen molar-refractivity contribution in [2.45, 2.75) is 32.2 Å². The Balaban J connectivity index is 2.10. The van der Waals surface area contributed by atoms with E-state index in [0.717, 1.165) is 22.9 Å². The van der Waals surface area contributed by atoms with Gasteiger partial charge in [-0.25, -0.2) is 0 Å². The van der Waals surface area contributed by atoms with Crippen molar-refractivity contribution in [1.29, 1.82) is 0 Å². The van der Waals surface area contributed by atoms with E-state index in [1.807, 2.05) is 19.1 Å². The zero-order chi connectivity index (χ0) is 14.0. The molecule has 19 heavy (non-hydrogen) atoms. The van der Waals surface area contributed by atoms with Gasteiger partial charge in [0.15, 0.2) is 0 Å². The zero-order valence-electron chi connectivity index (χ0n) is 10.6. The summed E-state index contributed by atoms with van der Waals surface area (Å²) in [4.78, 5) is 23.0. The van der Waals surface area contributed by atoms with Gasteiger partial charge in [-0.15, -0.1) is 0 Å². The lowest BCUT2D eigenvalue weighted by Gasteiger charge is -2.17. The van der Waals surface area contributed by atoms with E-state index in [-0.39, 0.29) is 18.4 Å². The van der Waals surface area contributed by atoms with Crippen molar-refractivity contribution in [2.75, 3.05) is 0 Å². The van der Waals surface area contributed by atoms with Gasteiger partial charge in [-0.05, 0) is 53.7 Å². The first kappa shape index (κ1) is 14.1. The Bertz CT molecular complexity index is 511. The average molecular weight is 326 g/mol. The molecule has 0 radical (unpaired) electrons. The Kier molecular flexibility index (Phi) is 4.24. The number of aliphatic carboxylic acids is 1. The van der Waals surface area contributed by atoms with Gasteiger partial charge in [-0.1, -0.05) is 11.6 Å². The third-order valence-electron chi connectivity index (χ3n) is 3.27. The van der Waals surface area contributed by atoms with Crippen molar-refractivity contribution in [3.05, 3.63) is 33.8 Å². The molecule has 0 aromatic heterocycles. The smallest absolute Gasteiger partial charge is 0.305 e. The lowest BCUT2D eigenvalue weighted by molar-refractivity contribution is -0.137. The Hall–Kier alpha value is -1.36. The van der Waals surface area contributed by atoms with Gasteiger partial charge >= 0.3 is 5.97 Å². The van der Waals surface area contributed by atoms with Crippen LogP contribution in [-0.4, -0.2) is 23.0 Å². The monoisotopic (exact) mass is 325 g/mol. The van der Waals surface area contributed by atoms with E-state index in [1.165, 1.54) is 0 Å². The van der Waals surface area contributed by atoms with Crippen LogP contribution < -0.4 is 5.32 Å². The highest BCUT2D eigenvalue weighted by atomic mass is 79.9. The summed E-state index contributed by atoms with van der Waals surface area (Å²) in [6.45, 7) is 1.92. The molecule has 1 atom stereocenters. The molecule has 1 aromatic rings. The number of aryl methyl sites for hydroxylation is 1. The molecule has 2 N–H and O–H groups in total. The number of carboxylic acid groups (broad SMARTS) is 1. The fraction of sp³-hybridized carbons (Fsp3) is 0.429. The summed E-state index contributed by atoms with van der Waals surface area (Å²) in [5.74, 6) is -0.780. The number of carboxylic acids is 1. The molecule has 0 saturated heterocycles. The first-order valence-corrected chi connectivity index (χ1v) is 7.05. The minimum Gasteiger partial charge on any atom is -0.481 e. The summed E-state index contributed by atoms with van der Waals surface area (Å²) in [7, 11) is 0. The van der Waals surface area contributed by atoms with Crippen molar-refractivity contribution in [3.63, 3.8) is 0 Å². The number of rotatable bonds is 5. The fourth-order valence-electron chi connectivity index (χ4n) is 2.08. The van der Waals surface area contributed by atoms with E-state index in [0.29, 0.717) is 11.5 Å². The maximum absolute atomic E-state index is 12.2. The van der Waals surface area contributed by atoms with Gasteiger partial charge in [0.2, 0.25) is 0 Å². The molecular formula is C14H16BrNO3. The highest BCUT2D eigenvalue weighted by Gasteiger charge is 2.34. The van der Waals surface area contributed by atoms with Crippen LogP contribution in [0.25, 0.3) is 0 Å². The molecule has 2 rings (SSSR count). The van der Waals surface area contributed by atoms with Gasteiger partial charge in [0, 0.05) is 10.5 Å². The maximum Gasteiger partial charge on any atom is 0.305 e. The zero-order valence-corrected chi connectivity index (χ0v) is 12.2. The molecule has 1 aromatic carbocycles. The van der Waals surface area contributed by atoms with Gasteiger partial charge < -0.3 is 10.4 Å². The van der Waals surface area contributed by atoms with Crippen LogP contribution in [0.4, 0.5) is 0 Å². The van der Waals surface area contributed by atoms with Gasteiger partial charge in [0.05, 0.1) is 12.0 Å². The Morgan fingerprint density at radius 3 is 2.74 bits per heavy atom. The van der Waals surface area contributed by atoms with E-state index < -0.39 is 5.97 Å². The largest absolute Gasteiger partial charge is 0.481 e. The van der Waals surface area contributed by atoms with E-state index in [9.17, 15) is 9.59 Å². The van der Waals surface area contributed by atoms with E-state index in [2.05, 4.69) is 21.2 Å². The fourth-order valence-corrected chi connectivity index (χ4v) is 2.51. The van der Waals surface area contributed by atoms with Crippen LogP contribution in [0.1, 0.15) is 35.2 Å². The summed E-state index contributed by atoms with van der Waals surface area (Å²) in [6, 6.07) is 5.27. The molecule has 0 bridgehead atoms. The number of nitrogens with one attached hydrogen (secondary N) is 1. The molecule has 1 aliphatic carbocycles. The second-order valence-corrected chi connectivity index (χ2v) is 5.85. The molecule has 0 spiro atoms. The summed E-state index contributed by atoms with van der Waals surface area (Å²) < 4.78 is 0.723. The molecule has 4 nitrogen and oxygen atoms in total. The van der Waals surface area contributed by atoms with Gasteiger partial charge in [-0.3, -0.25) is 9.59 Å². The Morgan fingerprint density at radius 2 is 2.16 bits per heavy atom. The first-order chi connectivity index (χ1) is 8.97. The molecule has 102 valence electrons. The number of carbonyl (C=O) groups excluding carboxylic acids is 1. The van der Waals surface area contributed by atoms with E-state index >= 15 is 0 Å². The van der Waals surface area contributed by atoms with Crippen LogP contribution >= 0.6 is 15.9 Å². The van der Waals surface area contributed by atoms with Crippen molar-refractivity contribution in [3.8, 4) is 0 Å². The van der Waals surface area contributed by atoms with Crippen molar-refractivity contribution in [1.82, 2.24) is 5.32 Å². The van der Waals surface area contributed by atoms with Crippen LogP contribution in [-0.2, 0) is 4.79 Å². The summed E-state index contributed by atoms with van der Waals surface area (Å²) in [5.41, 5.74) is 1.55. The average Bonchev–Trinajstić information content (AvgIpc) is 3.14. The van der Waals surface area contributed by atoms with Crippen LogP contribution in [0, 0.1) is 12.8 Å². The number of halogens is 1. The quantitative estimate of drug-likeness (QED) is 0.874. The second-order valence-electron chi connectivity index (χ2n) is 5.00. The number of hydrogen-bond donors (Lipinski definition) is 2. The van der Waals surface area contributed by atoms with Crippen molar-refractivity contribution >= 4 is 27.8 Å². The summed E-state index contributed by atoms with van der Waals surface area (Å²) in [5, 5.41) is 11.7. The van der Waals surface area contributed by atoms with Crippen molar-refractivity contribution in [2.24, 2.45) is 5.92 Å². The topological polar surface area (TPSA) is 66.4 Å². The molecular weight excluding hydrogens is 310 g/mol. The molecule has 1 amide bonds. The van der Waals surface area contributed by atoms with Gasteiger partial charge in [-0.2, -0.15) is 0 Å². The third-order valence-corrected chi connectivity index (χ3v) is 3.96. The van der Waals surface area contributed by atoms with Gasteiger partial charge in [0.25, 0.3) is 5.91 Å². The molecule has 1 aliphatic rings. The van der Waals surface area contributed by atoms with Crippen LogP contribution in [0.15, 0.2) is 22.7 Å². The normalized spacial score (nSPS) is 15.9. The highest BCUT2D eigenvalue weighted by molar-refractivity contribution is 9.10. The number of benzene rings is 1. The third kappa shape index (κ3) is 3.80. The van der Waals surface area contributed by atoms with Crippen LogP contribution in [0.2, 0.25) is 0 Å². The van der Waals surface area contributed by atoms with Crippen molar-refractivity contribution < 1.29 is 14.7 Å². The standard InChI is InChI=1S/C14H16BrNO3/c1-8-2-5-11(15)10(6-8)14(19)16-12(7-13(17)18)9-3-4-9/h2,5-6,9,12H,3-4,7H2,1H3,(H,16,19)(H,17,18). The maximum atomic E-state index is 12.2. The molecule has 1 saturated carbocycles. The summed E-state index contributed by atoms with van der Waals surface area (Å²) in [6.07, 6.45) is 1.97. The Morgan fingerprint density at radius 1 is 1.47 bits per heavy atom. The van der Waals surface area contributed by atoms with Crippen LogP contribution in [0.5, 0.6) is 0 Å². The molecule has 0 heterocycles. The van der Waals surface area contributed by atoms with Gasteiger partial charge in [0.1, 0.15) is 0 Å². The number of carbonyl (C=O) groups is 2. The number of hydrogen-bond acceptors (Lipinski definition) is 2. The van der Waals surface area contributed by atoms with E-state index in [4.69, 9.17) is 5.11 Å². The lowest BCUT2D eigenvalue weighted by atomic mass is 10.1. The minimum atomic E-state index is -0.875. The molecule has 0 aliphatic heterocycles. The molecule has 5 heteroatoms. The van der Waals surface area contributed by atoms with E-state index in [1.54, 1.807) is 6.07 Å². The predicted molar refractivity (Wildman–Crippen MR) is 75.1 cm³/mol. The lowest BCUT2D eigenvalue weighted by Crippen LogP contribution is -2.38.